The molecule has 0 amide bonds. The van der Waals surface area contributed by atoms with E-state index in [2.05, 4.69) is 4.98 Å². The highest BCUT2D eigenvalue weighted by Crippen LogP contribution is 2.33. The Bertz CT molecular complexity index is 339. The van der Waals surface area contributed by atoms with Crippen molar-refractivity contribution in [3.05, 3.63) is 17.2 Å². The Hall–Kier alpha value is -1.32. The molecule has 0 saturated carbocycles. The van der Waals surface area contributed by atoms with E-state index in [1.165, 1.54) is 7.11 Å². The monoisotopic (exact) mass is 199 g/mol. The second kappa shape index (κ2) is 4.26. The van der Waals surface area contributed by atoms with E-state index in [4.69, 9.17) is 9.47 Å². The summed E-state index contributed by atoms with van der Waals surface area (Å²) < 4.78 is 23.5. The summed E-state index contributed by atoms with van der Waals surface area (Å²) in [5.41, 5.74) is 1.43. The number of aromatic nitrogens is 1. The zero-order valence-corrected chi connectivity index (χ0v) is 8.85. The van der Waals surface area contributed by atoms with E-state index in [1.54, 1.807) is 6.92 Å². The number of hydrogen-bond acceptors (Lipinski definition) is 3. The Balaban J connectivity index is 3.32. The first-order chi connectivity index (χ1) is 6.61. The minimum atomic E-state index is -0.626. The molecule has 0 unspecified atom stereocenters. The summed E-state index contributed by atoms with van der Waals surface area (Å²) in [6, 6.07) is 0. The minimum absolute atomic E-state index is 0.0787. The second-order valence-corrected chi connectivity index (χ2v) is 2.91. The number of nitrogens with zero attached hydrogens (tertiary/aromatic N) is 1. The molecule has 0 aliphatic carbocycles. The molecule has 1 heterocycles. The first-order valence-corrected chi connectivity index (χ1v) is 4.45. The van der Waals surface area contributed by atoms with Crippen molar-refractivity contribution in [3.63, 3.8) is 0 Å². The zero-order chi connectivity index (χ0) is 10.7. The summed E-state index contributed by atoms with van der Waals surface area (Å²) in [6.45, 7) is 5.88. The number of rotatable bonds is 3. The molecule has 0 saturated heterocycles. The molecule has 0 fully saturated rings. The van der Waals surface area contributed by atoms with Crippen molar-refractivity contribution in [2.75, 3.05) is 13.7 Å². The van der Waals surface area contributed by atoms with Crippen LogP contribution in [-0.2, 0) is 0 Å². The molecule has 78 valence electrons. The molecule has 0 aliphatic rings. The highest BCUT2D eigenvalue weighted by Gasteiger charge is 2.16. The van der Waals surface area contributed by atoms with Gasteiger partial charge in [0.05, 0.1) is 13.7 Å². The lowest BCUT2D eigenvalue weighted by molar-refractivity contribution is 0.295. The van der Waals surface area contributed by atoms with E-state index >= 15 is 0 Å². The summed E-state index contributed by atoms with van der Waals surface area (Å²) >= 11 is 0. The summed E-state index contributed by atoms with van der Waals surface area (Å²) in [6.07, 6.45) is 0. The van der Waals surface area contributed by atoms with Gasteiger partial charge >= 0.3 is 0 Å². The lowest BCUT2D eigenvalue weighted by Crippen LogP contribution is -2.03. The quantitative estimate of drug-likeness (QED) is 0.699. The molecule has 1 aromatic heterocycles. The van der Waals surface area contributed by atoms with Gasteiger partial charge in [-0.05, 0) is 20.8 Å². The van der Waals surface area contributed by atoms with Crippen LogP contribution in [0, 0.1) is 19.8 Å². The normalized spacial score (nSPS) is 10.1. The van der Waals surface area contributed by atoms with Crippen LogP contribution in [0.3, 0.4) is 0 Å². The van der Waals surface area contributed by atoms with Gasteiger partial charge in [0.25, 0.3) is 5.95 Å². The fraction of sp³-hybridized carbons (Fsp3) is 0.500. The molecule has 1 aromatic rings. The average molecular weight is 199 g/mol. The van der Waals surface area contributed by atoms with E-state index < -0.39 is 5.95 Å². The highest BCUT2D eigenvalue weighted by atomic mass is 19.1. The third kappa shape index (κ3) is 1.78. The van der Waals surface area contributed by atoms with Crippen molar-refractivity contribution in [2.24, 2.45) is 0 Å². The van der Waals surface area contributed by atoms with Crippen LogP contribution in [-0.4, -0.2) is 18.7 Å². The van der Waals surface area contributed by atoms with E-state index in [0.29, 0.717) is 18.1 Å². The van der Waals surface area contributed by atoms with Gasteiger partial charge in [-0.2, -0.15) is 4.39 Å². The first-order valence-electron chi connectivity index (χ1n) is 4.45. The zero-order valence-electron chi connectivity index (χ0n) is 8.85. The van der Waals surface area contributed by atoms with Gasteiger partial charge in [0.2, 0.25) is 5.75 Å². The summed E-state index contributed by atoms with van der Waals surface area (Å²) in [4.78, 5) is 3.72. The molecule has 0 aliphatic heterocycles. The predicted octanol–water partition coefficient (Wildman–Crippen LogP) is 2.24. The Kier molecular flexibility index (Phi) is 3.28. The number of ether oxygens (including phenoxy) is 2. The van der Waals surface area contributed by atoms with E-state index in [0.717, 1.165) is 5.56 Å². The molecule has 0 atom stereocenters. The van der Waals surface area contributed by atoms with Gasteiger partial charge in [-0.1, -0.05) is 0 Å². The maximum atomic E-state index is 13.3. The van der Waals surface area contributed by atoms with Crippen molar-refractivity contribution in [1.82, 2.24) is 4.98 Å². The maximum Gasteiger partial charge on any atom is 0.259 e. The highest BCUT2D eigenvalue weighted by molar-refractivity contribution is 5.46. The molecule has 0 radical (unpaired) electrons. The molecule has 0 bridgehead atoms. The van der Waals surface area contributed by atoms with Gasteiger partial charge in [-0.15, -0.1) is 0 Å². The Morgan fingerprint density at radius 1 is 1.29 bits per heavy atom. The average Bonchev–Trinajstić information content (AvgIpc) is 2.14. The van der Waals surface area contributed by atoms with Gasteiger partial charge < -0.3 is 9.47 Å². The van der Waals surface area contributed by atoms with Crippen LogP contribution in [0.2, 0.25) is 0 Å². The fourth-order valence-electron chi connectivity index (χ4n) is 1.21. The van der Waals surface area contributed by atoms with Gasteiger partial charge in [-0.25, -0.2) is 4.98 Å². The molecule has 0 N–H and O–H groups in total. The van der Waals surface area contributed by atoms with Gasteiger partial charge in [-0.3, -0.25) is 0 Å². The van der Waals surface area contributed by atoms with Crippen molar-refractivity contribution >= 4 is 0 Å². The summed E-state index contributed by atoms with van der Waals surface area (Å²) in [5, 5.41) is 0. The molecule has 3 nitrogen and oxygen atoms in total. The third-order valence-corrected chi connectivity index (χ3v) is 2.04. The number of methoxy groups -OCH3 is 1. The lowest BCUT2D eigenvalue weighted by atomic mass is 10.2. The number of pyridine rings is 1. The van der Waals surface area contributed by atoms with Crippen molar-refractivity contribution in [3.8, 4) is 11.5 Å². The Morgan fingerprint density at radius 3 is 2.43 bits per heavy atom. The first kappa shape index (κ1) is 10.8. The van der Waals surface area contributed by atoms with Crippen LogP contribution in [0.1, 0.15) is 18.2 Å². The fourth-order valence-corrected chi connectivity index (χ4v) is 1.21. The summed E-state index contributed by atoms with van der Waals surface area (Å²) in [7, 11) is 1.40. The van der Waals surface area contributed by atoms with Crippen molar-refractivity contribution in [2.45, 2.75) is 20.8 Å². The number of aryl methyl sites for hydroxylation is 1. The molecular weight excluding hydrogens is 185 g/mol. The number of halogens is 1. The van der Waals surface area contributed by atoms with E-state index in [-0.39, 0.29) is 5.75 Å². The second-order valence-electron chi connectivity index (χ2n) is 2.91. The minimum Gasteiger partial charge on any atom is -0.489 e. The SMILES string of the molecule is CCOc1c(C)c(C)nc(F)c1OC. The maximum absolute atomic E-state index is 13.3. The van der Waals surface area contributed by atoms with Crippen molar-refractivity contribution < 1.29 is 13.9 Å². The summed E-state index contributed by atoms with van der Waals surface area (Å²) in [5.74, 6) is -0.103. The smallest absolute Gasteiger partial charge is 0.259 e. The Labute approximate surface area is 82.9 Å². The standard InChI is InChI=1S/C10H14FNO2/c1-5-14-8-6(2)7(3)12-10(11)9(8)13-4/h5H2,1-4H3. The molecule has 14 heavy (non-hydrogen) atoms. The van der Waals surface area contributed by atoms with Crippen LogP contribution < -0.4 is 9.47 Å². The van der Waals surface area contributed by atoms with Gasteiger partial charge in [0.15, 0.2) is 5.75 Å². The molecule has 4 heteroatoms. The van der Waals surface area contributed by atoms with Crippen molar-refractivity contribution in [1.29, 1.82) is 0 Å². The molecular formula is C10H14FNO2. The van der Waals surface area contributed by atoms with Crippen LogP contribution >= 0.6 is 0 Å². The molecule has 1 rings (SSSR count). The van der Waals surface area contributed by atoms with Crippen LogP contribution in [0.5, 0.6) is 11.5 Å². The predicted molar refractivity (Wildman–Crippen MR) is 51.4 cm³/mol. The topological polar surface area (TPSA) is 31.4 Å². The molecule has 0 spiro atoms. The van der Waals surface area contributed by atoms with Gasteiger partial charge in [0, 0.05) is 11.3 Å². The van der Waals surface area contributed by atoms with Crippen LogP contribution in [0.25, 0.3) is 0 Å². The number of hydrogen-bond donors (Lipinski definition) is 0. The lowest BCUT2D eigenvalue weighted by Gasteiger charge is -2.13. The third-order valence-electron chi connectivity index (χ3n) is 2.04. The van der Waals surface area contributed by atoms with Gasteiger partial charge in [0.1, 0.15) is 0 Å². The Morgan fingerprint density at radius 2 is 1.93 bits per heavy atom. The largest absolute Gasteiger partial charge is 0.489 e. The van der Waals surface area contributed by atoms with Crippen LogP contribution in [0.15, 0.2) is 0 Å². The van der Waals surface area contributed by atoms with E-state index in [1.807, 2.05) is 13.8 Å². The van der Waals surface area contributed by atoms with Crippen LogP contribution in [0.4, 0.5) is 4.39 Å². The van der Waals surface area contributed by atoms with E-state index in [9.17, 15) is 4.39 Å². The molecule has 0 aromatic carbocycles.